The van der Waals surface area contributed by atoms with Crippen molar-refractivity contribution in [3.63, 3.8) is 0 Å². The van der Waals surface area contributed by atoms with Gasteiger partial charge in [0.15, 0.2) is 0 Å². The van der Waals surface area contributed by atoms with Crippen molar-refractivity contribution in [3.8, 4) is 0 Å². The topological polar surface area (TPSA) is 41.1 Å². The average Bonchev–Trinajstić information content (AvgIpc) is 2.21. The molecule has 0 aromatic heterocycles. The summed E-state index contributed by atoms with van der Waals surface area (Å²) in [6.45, 7) is 2.76. The maximum Gasteiger partial charge on any atom is 0.239 e. The predicted octanol–water partition coefficient (Wildman–Crippen LogP) is 2.65. The Morgan fingerprint density at radius 1 is 1.53 bits per heavy atom. The van der Waals surface area contributed by atoms with Crippen molar-refractivity contribution >= 4 is 39.1 Å². The lowest BCUT2D eigenvalue weighted by Gasteiger charge is -2.08. The number of hydrogen-bond donors (Lipinski definition) is 2. The van der Waals surface area contributed by atoms with E-state index in [1.165, 1.54) is 0 Å². The largest absolute Gasteiger partial charge is 0.375 e. The molecular weight excluding hydrogens is 279 g/mol. The lowest BCUT2D eigenvalue weighted by molar-refractivity contribution is -0.119. The number of likely N-dealkylation sites (N-methyl/N-ethyl adjacent to an activating group) is 1. The van der Waals surface area contributed by atoms with Gasteiger partial charge in [-0.3, -0.25) is 4.79 Å². The molecule has 3 nitrogen and oxygen atoms in total. The SMILES string of the molecule is CCNC(=O)CNc1cccc(Cl)c1Br. The van der Waals surface area contributed by atoms with Gasteiger partial charge in [-0.25, -0.2) is 0 Å². The molecule has 0 radical (unpaired) electrons. The smallest absolute Gasteiger partial charge is 0.239 e. The molecule has 0 atom stereocenters. The number of anilines is 1. The molecule has 0 saturated carbocycles. The highest BCUT2D eigenvalue weighted by molar-refractivity contribution is 9.10. The third kappa shape index (κ3) is 3.72. The van der Waals surface area contributed by atoms with E-state index in [0.29, 0.717) is 11.6 Å². The van der Waals surface area contributed by atoms with Gasteiger partial charge < -0.3 is 10.6 Å². The predicted molar refractivity (Wildman–Crippen MR) is 66.3 cm³/mol. The average molecular weight is 292 g/mol. The van der Waals surface area contributed by atoms with Crippen LogP contribution in [0.3, 0.4) is 0 Å². The number of carbonyl (C=O) groups excluding carboxylic acids is 1. The van der Waals surface area contributed by atoms with E-state index >= 15 is 0 Å². The molecule has 0 fully saturated rings. The summed E-state index contributed by atoms with van der Waals surface area (Å²) < 4.78 is 0.774. The summed E-state index contributed by atoms with van der Waals surface area (Å²) in [6.07, 6.45) is 0. The summed E-state index contributed by atoms with van der Waals surface area (Å²) >= 11 is 9.25. The molecule has 1 rings (SSSR count). The Morgan fingerprint density at radius 2 is 2.27 bits per heavy atom. The van der Waals surface area contributed by atoms with Crippen LogP contribution in [0.2, 0.25) is 5.02 Å². The summed E-state index contributed by atoms with van der Waals surface area (Å²) in [7, 11) is 0. The first-order chi connectivity index (χ1) is 7.15. The van der Waals surface area contributed by atoms with Crippen LogP contribution in [0.25, 0.3) is 0 Å². The first-order valence-corrected chi connectivity index (χ1v) is 5.76. The fourth-order valence-corrected chi connectivity index (χ4v) is 1.65. The van der Waals surface area contributed by atoms with Crippen LogP contribution in [-0.4, -0.2) is 19.0 Å². The van der Waals surface area contributed by atoms with Crippen LogP contribution < -0.4 is 10.6 Å². The van der Waals surface area contributed by atoms with Gasteiger partial charge in [-0.2, -0.15) is 0 Å². The zero-order chi connectivity index (χ0) is 11.3. The number of amides is 1. The van der Waals surface area contributed by atoms with E-state index in [9.17, 15) is 4.79 Å². The van der Waals surface area contributed by atoms with Crippen molar-refractivity contribution < 1.29 is 4.79 Å². The summed E-state index contributed by atoms with van der Waals surface area (Å²) in [5, 5.41) is 6.32. The van der Waals surface area contributed by atoms with Crippen molar-refractivity contribution in [2.45, 2.75) is 6.92 Å². The highest BCUT2D eigenvalue weighted by atomic mass is 79.9. The zero-order valence-electron chi connectivity index (χ0n) is 8.31. The van der Waals surface area contributed by atoms with Crippen molar-refractivity contribution in [2.75, 3.05) is 18.4 Å². The van der Waals surface area contributed by atoms with E-state index in [1.807, 2.05) is 19.1 Å². The standard InChI is InChI=1S/C10H12BrClN2O/c1-2-13-9(15)6-14-8-5-3-4-7(12)10(8)11/h3-5,14H,2,6H2,1H3,(H,13,15). The second-order valence-corrected chi connectivity index (χ2v) is 4.11. The lowest BCUT2D eigenvalue weighted by atomic mass is 10.3. The Morgan fingerprint density at radius 3 is 2.93 bits per heavy atom. The molecule has 0 aliphatic rings. The molecule has 0 saturated heterocycles. The van der Waals surface area contributed by atoms with Gasteiger partial charge in [-0.05, 0) is 35.0 Å². The Labute approximate surface area is 102 Å². The summed E-state index contributed by atoms with van der Waals surface area (Å²) in [4.78, 5) is 11.2. The van der Waals surface area contributed by atoms with Gasteiger partial charge >= 0.3 is 0 Å². The van der Waals surface area contributed by atoms with Crippen LogP contribution >= 0.6 is 27.5 Å². The molecule has 1 aromatic rings. The Balaban J connectivity index is 2.58. The molecule has 15 heavy (non-hydrogen) atoms. The van der Waals surface area contributed by atoms with Crippen molar-refractivity contribution in [1.29, 1.82) is 0 Å². The normalized spacial score (nSPS) is 9.80. The highest BCUT2D eigenvalue weighted by Gasteiger charge is 2.04. The summed E-state index contributed by atoms with van der Waals surface area (Å²) in [5.74, 6) is -0.0376. The minimum Gasteiger partial charge on any atom is -0.375 e. The van der Waals surface area contributed by atoms with Gasteiger partial charge in [0.05, 0.1) is 21.7 Å². The lowest BCUT2D eigenvalue weighted by Crippen LogP contribution is -2.29. The quantitative estimate of drug-likeness (QED) is 0.895. The molecule has 2 N–H and O–H groups in total. The van der Waals surface area contributed by atoms with Gasteiger partial charge in [0, 0.05) is 6.54 Å². The minimum absolute atomic E-state index is 0.0376. The molecule has 82 valence electrons. The molecule has 5 heteroatoms. The Hall–Kier alpha value is -0.740. The van der Waals surface area contributed by atoms with Crippen LogP contribution in [0.1, 0.15) is 6.92 Å². The van der Waals surface area contributed by atoms with Crippen LogP contribution in [-0.2, 0) is 4.79 Å². The van der Waals surface area contributed by atoms with E-state index in [0.717, 1.165) is 10.2 Å². The second kappa shape index (κ2) is 5.98. The second-order valence-electron chi connectivity index (χ2n) is 2.91. The molecule has 0 aliphatic carbocycles. The van der Waals surface area contributed by atoms with Crippen LogP contribution in [0.4, 0.5) is 5.69 Å². The van der Waals surface area contributed by atoms with Gasteiger partial charge in [-0.1, -0.05) is 17.7 Å². The number of halogens is 2. The number of nitrogens with one attached hydrogen (secondary N) is 2. The number of hydrogen-bond acceptors (Lipinski definition) is 2. The molecule has 0 unspecified atom stereocenters. The van der Waals surface area contributed by atoms with Crippen LogP contribution in [0.15, 0.2) is 22.7 Å². The minimum atomic E-state index is -0.0376. The van der Waals surface area contributed by atoms with E-state index in [2.05, 4.69) is 26.6 Å². The van der Waals surface area contributed by atoms with Crippen molar-refractivity contribution in [1.82, 2.24) is 5.32 Å². The van der Waals surface area contributed by atoms with E-state index < -0.39 is 0 Å². The number of rotatable bonds is 4. The number of carbonyl (C=O) groups is 1. The van der Waals surface area contributed by atoms with Crippen molar-refractivity contribution in [2.24, 2.45) is 0 Å². The highest BCUT2D eigenvalue weighted by Crippen LogP contribution is 2.29. The third-order valence-corrected chi connectivity index (χ3v) is 3.16. The molecule has 0 aliphatic heterocycles. The maximum atomic E-state index is 11.2. The molecule has 0 bridgehead atoms. The zero-order valence-corrected chi connectivity index (χ0v) is 10.7. The van der Waals surface area contributed by atoms with Gasteiger partial charge in [-0.15, -0.1) is 0 Å². The monoisotopic (exact) mass is 290 g/mol. The first-order valence-electron chi connectivity index (χ1n) is 4.59. The van der Waals surface area contributed by atoms with E-state index in [-0.39, 0.29) is 12.5 Å². The van der Waals surface area contributed by atoms with Gasteiger partial charge in [0.2, 0.25) is 5.91 Å². The molecule has 0 spiro atoms. The van der Waals surface area contributed by atoms with Gasteiger partial charge in [0.25, 0.3) is 0 Å². The molecule has 0 heterocycles. The maximum absolute atomic E-state index is 11.2. The first kappa shape index (κ1) is 12.3. The summed E-state index contributed by atoms with van der Waals surface area (Å²) in [6, 6.07) is 5.46. The van der Waals surface area contributed by atoms with Crippen molar-refractivity contribution in [3.05, 3.63) is 27.7 Å². The summed E-state index contributed by atoms with van der Waals surface area (Å²) in [5.41, 5.74) is 0.814. The third-order valence-electron chi connectivity index (χ3n) is 1.76. The Bertz CT molecular complexity index is 357. The van der Waals surface area contributed by atoms with E-state index in [1.54, 1.807) is 6.07 Å². The number of benzene rings is 1. The van der Waals surface area contributed by atoms with Crippen LogP contribution in [0.5, 0.6) is 0 Å². The molecule has 1 aromatic carbocycles. The van der Waals surface area contributed by atoms with Gasteiger partial charge in [0.1, 0.15) is 0 Å². The van der Waals surface area contributed by atoms with E-state index in [4.69, 9.17) is 11.6 Å². The fraction of sp³-hybridized carbons (Fsp3) is 0.300. The van der Waals surface area contributed by atoms with Crippen LogP contribution in [0, 0.1) is 0 Å². The fourth-order valence-electron chi connectivity index (χ4n) is 1.08. The molecular formula is C10H12BrClN2O. The molecule has 1 amide bonds. The Kier molecular flexibility index (Phi) is 4.91.